The van der Waals surface area contributed by atoms with Gasteiger partial charge in [-0.3, -0.25) is 4.79 Å². The van der Waals surface area contributed by atoms with E-state index in [0.717, 1.165) is 0 Å². The molecule has 0 saturated carbocycles. The summed E-state index contributed by atoms with van der Waals surface area (Å²) in [6.07, 6.45) is 2.11. The standard InChI is InChI=1S/C16H23NO2/c1-5-11-16(4,19)14(12(2)3)17-15(18)13-9-7-6-8-10-13/h5-10,12,14,19H,1,11H2,2-4H3,(H,17,18)/t14-,16+/m0/s1. The fourth-order valence-electron chi connectivity index (χ4n) is 2.27. The molecule has 2 atom stereocenters. The van der Waals surface area contributed by atoms with E-state index in [1.54, 1.807) is 25.1 Å². The van der Waals surface area contributed by atoms with E-state index in [0.29, 0.717) is 12.0 Å². The van der Waals surface area contributed by atoms with Gasteiger partial charge in [-0.2, -0.15) is 0 Å². The van der Waals surface area contributed by atoms with E-state index in [-0.39, 0.29) is 17.9 Å². The molecule has 0 heterocycles. The van der Waals surface area contributed by atoms with E-state index >= 15 is 0 Å². The van der Waals surface area contributed by atoms with Gasteiger partial charge in [0, 0.05) is 5.56 Å². The summed E-state index contributed by atoms with van der Waals surface area (Å²) in [7, 11) is 0. The van der Waals surface area contributed by atoms with Crippen LogP contribution in [-0.4, -0.2) is 22.7 Å². The molecule has 0 aliphatic rings. The maximum absolute atomic E-state index is 12.2. The molecule has 3 nitrogen and oxygen atoms in total. The lowest BCUT2D eigenvalue weighted by molar-refractivity contribution is 0.00598. The van der Waals surface area contributed by atoms with Crippen LogP contribution in [-0.2, 0) is 0 Å². The highest BCUT2D eigenvalue weighted by Gasteiger charge is 2.34. The van der Waals surface area contributed by atoms with Crippen LogP contribution in [0, 0.1) is 5.92 Å². The predicted octanol–water partition coefficient (Wildman–Crippen LogP) is 2.77. The summed E-state index contributed by atoms with van der Waals surface area (Å²) in [5.74, 6) is -0.0359. The summed E-state index contributed by atoms with van der Waals surface area (Å²) in [4.78, 5) is 12.2. The Morgan fingerprint density at radius 3 is 2.47 bits per heavy atom. The Morgan fingerprint density at radius 1 is 1.42 bits per heavy atom. The Hall–Kier alpha value is -1.61. The highest BCUT2D eigenvalue weighted by molar-refractivity contribution is 5.94. The quantitative estimate of drug-likeness (QED) is 0.774. The van der Waals surface area contributed by atoms with Crippen molar-refractivity contribution in [3.05, 3.63) is 48.6 Å². The summed E-state index contributed by atoms with van der Waals surface area (Å²) in [5, 5.41) is 13.4. The number of hydrogen-bond donors (Lipinski definition) is 2. The molecule has 0 bridgehead atoms. The second-order valence-electron chi connectivity index (χ2n) is 5.41. The molecule has 0 aromatic heterocycles. The van der Waals surface area contributed by atoms with Gasteiger partial charge in [-0.1, -0.05) is 38.1 Å². The molecule has 2 N–H and O–H groups in total. The van der Waals surface area contributed by atoms with Gasteiger partial charge in [-0.15, -0.1) is 6.58 Å². The average molecular weight is 261 g/mol. The zero-order chi connectivity index (χ0) is 14.5. The Morgan fingerprint density at radius 2 is 2.00 bits per heavy atom. The highest BCUT2D eigenvalue weighted by Crippen LogP contribution is 2.22. The second-order valence-corrected chi connectivity index (χ2v) is 5.41. The average Bonchev–Trinajstić information content (AvgIpc) is 2.36. The van der Waals surface area contributed by atoms with E-state index in [1.165, 1.54) is 0 Å². The number of carbonyl (C=O) groups is 1. The largest absolute Gasteiger partial charge is 0.388 e. The topological polar surface area (TPSA) is 49.3 Å². The normalized spacial score (nSPS) is 15.6. The summed E-state index contributed by atoms with van der Waals surface area (Å²) >= 11 is 0. The van der Waals surface area contributed by atoms with Crippen molar-refractivity contribution < 1.29 is 9.90 Å². The van der Waals surface area contributed by atoms with Crippen molar-refractivity contribution in [3.8, 4) is 0 Å². The van der Waals surface area contributed by atoms with Crippen molar-refractivity contribution in [2.45, 2.75) is 38.8 Å². The van der Waals surface area contributed by atoms with Crippen LogP contribution >= 0.6 is 0 Å². The first kappa shape index (κ1) is 15.4. The molecule has 19 heavy (non-hydrogen) atoms. The van der Waals surface area contributed by atoms with Crippen molar-refractivity contribution in [2.24, 2.45) is 5.92 Å². The van der Waals surface area contributed by atoms with Crippen LogP contribution in [0.4, 0.5) is 0 Å². The van der Waals surface area contributed by atoms with E-state index in [9.17, 15) is 9.90 Å². The molecule has 104 valence electrons. The zero-order valence-corrected chi connectivity index (χ0v) is 11.9. The Kier molecular flexibility index (Phi) is 5.31. The molecule has 0 aliphatic heterocycles. The van der Waals surface area contributed by atoms with Gasteiger partial charge >= 0.3 is 0 Å². The minimum atomic E-state index is -1.000. The molecule has 1 amide bonds. The lowest BCUT2D eigenvalue weighted by Crippen LogP contribution is -2.53. The second kappa shape index (κ2) is 6.53. The van der Waals surface area contributed by atoms with E-state index in [1.807, 2.05) is 32.0 Å². The van der Waals surface area contributed by atoms with Gasteiger partial charge in [0.1, 0.15) is 0 Å². The van der Waals surface area contributed by atoms with Crippen LogP contribution in [0.2, 0.25) is 0 Å². The van der Waals surface area contributed by atoms with Gasteiger partial charge in [0.05, 0.1) is 11.6 Å². The van der Waals surface area contributed by atoms with Gasteiger partial charge in [0.25, 0.3) is 5.91 Å². The lowest BCUT2D eigenvalue weighted by atomic mass is 9.85. The van der Waals surface area contributed by atoms with Crippen molar-refractivity contribution in [1.29, 1.82) is 0 Å². The number of benzene rings is 1. The minimum absolute atomic E-state index is 0.127. The third-order valence-electron chi connectivity index (χ3n) is 3.22. The Labute approximate surface area is 115 Å². The third-order valence-corrected chi connectivity index (χ3v) is 3.22. The minimum Gasteiger partial charge on any atom is -0.388 e. The number of rotatable bonds is 6. The highest BCUT2D eigenvalue weighted by atomic mass is 16.3. The van der Waals surface area contributed by atoms with E-state index in [4.69, 9.17) is 0 Å². The molecule has 1 aromatic rings. The van der Waals surface area contributed by atoms with Gasteiger partial charge in [-0.25, -0.2) is 0 Å². The van der Waals surface area contributed by atoms with E-state index < -0.39 is 5.60 Å². The smallest absolute Gasteiger partial charge is 0.251 e. The molecule has 1 rings (SSSR count). The van der Waals surface area contributed by atoms with Crippen molar-refractivity contribution in [2.75, 3.05) is 0 Å². The van der Waals surface area contributed by atoms with Crippen LogP contribution in [0.1, 0.15) is 37.6 Å². The molecule has 0 radical (unpaired) electrons. The number of hydrogen-bond acceptors (Lipinski definition) is 2. The number of aliphatic hydroxyl groups is 1. The van der Waals surface area contributed by atoms with Gasteiger partial charge < -0.3 is 10.4 Å². The summed E-state index contributed by atoms with van der Waals surface area (Å²) < 4.78 is 0. The van der Waals surface area contributed by atoms with Crippen LogP contribution in [0.25, 0.3) is 0 Å². The Bertz CT molecular complexity index is 424. The number of amides is 1. The van der Waals surface area contributed by atoms with Crippen molar-refractivity contribution in [3.63, 3.8) is 0 Å². The molecule has 0 fully saturated rings. The predicted molar refractivity (Wildman–Crippen MR) is 78.0 cm³/mol. The monoisotopic (exact) mass is 261 g/mol. The lowest BCUT2D eigenvalue weighted by Gasteiger charge is -2.35. The first-order chi connectivity index (χ1) is 8.88. The number of carbonyl (C=O) groups excluding carboxylic acids is 1. The molecule has 3 heteroatoms. The third kappa shape index (κ3) is 4.21. The fourth-order valence-corrected chi connectivity index (χ4v) is 2.27. The number of nitrogens with one attached hydrogen (secondary N) is 1. The van der Waals surface area contributed by atoms with E-state index in [2.05, 4.69) is 11.9 Å². The summed E-state index contributed by atoms with van der Waals surface area (Å²) in [6, 6.07) is 8.70. The molecular formula is C16H23NO2. The van der Waals surface area contributed by atoms with Gasteiger partial charge in [0.15, 0.2) is 0 Å². The molecule has 0 spiro atoms. The summed E-state index contributed by atoms with van der Waals surface area (Å²) in [5.41, 5.74) is -0.400. The molecular weight excluding hydrogens is 238 g/mol. The van der Waals surface area contributed by atoms with Crippen LogP contribution < -0.4 is 5.32 Å². The van der Waals surface area contributed by atoms with Crippen LogP contribution in [0.3, 0.4) is 0 Å². The van der Waals surface area contributed by atoms with Crippen LogP contribution in [0.5, 0.6) is 0 Å². The first-order valence-electron chi connectivity index (χ1n) is 6.57. The van der Waals surface area contributed by atoms with Crippen molar-refractivity contribution >= 4 is 5.91 Å². The molecule has 0 unspecified atom stereocenters. The maximum atomic E-state index is 12.2. The van der Waals surface area contributed by atoms with Gasteiger partial charge in [0.2, 0.25) is 0 Å². The maximum Gasteiger partial charge on any atom is 0.251 e. The van der Waals surface area contributed by atoms with Crippen LogP contribution in [0.15, 0.2) is 43.0 Å². The molecule has 1 aromatic carbocycles. The SMILES string of the molecule is C=CC[C@@](C)(O)[C@@H](NC(=O)c1ccccc1)C(C)C. The summed E-state index contributed by atoms with van der Waals surface area (Å²) in [6.45, 7) is 9.34. The van der Waals surface area contributed by atoms with Gasteiger partial charge in [-0.05, 0) is 31.4 Å². The van der Waals surface area contributed by atoms with Crippen molar-refractivity contribution in [1.82, 2.24) is 5.32 Å². The zero-order valence-electron chi connectivity index (χ0n) is 11.9. The molecule has 0 saturated heterocycles. The Balaban J connectivity index is 2.85. The fraction of sp³-hybridized carbons (Fsp3) is 0.438. The molecule has 0 aliphatic carbocycles. The first-order valence-corrected chi connectivity index (χ1v) is 6.57.